The number of nitrogens with zero attached hydrogens (tertiary/aromatic N) is 3. The molecule has 0 bridgehead atoms. The van der Waals surface area contributed by atoms with Gasteiger partial charge in [-0.2, -0.15) is 0 Å². The molecule has 23 heavy (non-hydrogen) atoms. The van der Waals surface area contributed by atoms with Gasteiger partial charge in [-0.15, -0.1) is 0 Å². The lowest BCUT2D eigenvalue weighted by Gasteiger charge is -2.35. The molecule has 3 rings (SSSR count). The van der Waals surface area contributed by atoms with E-state index < -0.39 is 6.04 Å². The summed E-state index contributed by atoms with van der Waals surface area (Å²) in [5.41, 5.74) is 1.79. The van der Waals surface area contributed by atoms with Gasteiger partial charge in [0.2, 0.25) is 0 Å². The van der Waals surface area contributed by atoms with E-state index in [0.29, 0.717) is 0 Å². The Hall–Kier alpha value is -2.40. The van der Waals surface area contributed by atoms with Gasteiger partial charge in [-0.1, -0.05) is 24.3 Å². The first-order valence-corrected chi connectivity index (χ1v) is 7.95. The third-order valence-electron chi connectivity index (χ3n) is 4.18. The first-order chi connectivity index (χ1) is 11.3. The molecular weight excluding hydrogens is 288 g/mol. The Morgan fingerprint density at radius 2 is 1.83 bits per heavy atom. The summed E-state index contributed by atoms with van der Waals surface area (Å²) >= 11 is 0. The average molecular weight is 310 g/mol. The maximum absolute atomic E-state index is 13.1. The van der Waals surface area contributed by atoms with E-state index >= 15 is 0 Å². The summed E-state index contributed by atoms with van der Waals surface area (Å²) in [7, 11) is 1.95. The van der Waals surface area contributed by atoms with E-state index in [1.807, 2.05) is 65.4 Å². The molecule has 1 N–H and O–H groups in total. The number of anilines is 1. The summed E-state index contributed by atoms with van der Waals surface area (Å²) in [6, 6.07) is 15.3. The minimum absolute atomic E-state index is 0.108. The van der Waals surface area contributed by atoms with Crippen molar-refractivity contribution in [2.45, 2.75) is 6.04 Å². The number of carbonyl (C=O) groups excluding carboxylic acids is 1. The summed E-state index contributed by atoms with van der Waals surface area (Å²) in [5.74, 6) is 0.108. The smallest absolute Gasteiger partial charge is 0.251 e. The van der Waals surface area contributed by atoms with Crippen LogP contribution in [-0.2, 0) is 4.79 Å². The highest BCUT2D eigenvalue weighted by Gasteiger charge is 2.31. The van der Waals surface area contributed by atoms with Crippen LogP contribution in [0, 0.1) is 0 Å². The zero-order valence-electron chi connectivity index (χ0n) is 13.4. The highest BCUT2D eigenvalue weighted by atomic mass is 16.2. The van der Waals surface area contributed by atoms with E-state index in [0.717, 1.165) is 37.6 Å². The van der Waals surface area contributed by atoms with Gasteiger partial charge in [0, 0.05) is 45.1 Å². The van der Waals surface area contributed by atoms with Gasteiger partial charge < -0.3 is 15.1 Å². The summed E-state index contributed by atoms with van der Waals surface area (Å²) in [6.45, 7) is 3.17. The van der Waals surface area contributed by atoms with E-state index in [9.17, 15) is 4.79 Å². The summed E-state index contributed by atoms with van der Waals surface area (Å²) < 4.78 is 0. The Balaban J connectivity index is 1.92. The van der Waals surface area contributed by atoms with Gasteiger partial charge in [-0.25, -0.2) is 0 Å². The number of pyridine rings is 1. The molecule has 0 saturated carbocycles. The Morgan fingerprint density at radius 3 is 2.48 bits per heavy atom. The van der Waals surface area contributed by atoms with E-state index in [-0.39, 0.29) is 5.91 Å². The molecule has 1 aliphatic rings. The largest absolute Gasteiger partial charge is 0.358 e. The summed E-state index contributed by atoms with van der Waals surface area (Å²) in [5, 5.41) is 3.29. The van der Waals surface area contributed by atoms with Crippen molar-refractivity contribution in [3.05, 3.63) is 60.4 Å². The maximum atomic E-state index is 13.1. The SMILES string of the molecule is CN(c1ccccc1)C(C(=O)N1CCNCC1)c1ccccn1. The van der Waals surface area contributed by atoms with Gasteiger partial charge in [-0.3, -0.25) is 9.78 Å². The fourth-order valence-electron chi connectivity index (χ4n) is 2.90. The molecule has 1 aromatic heterocycles. The third kappa shape index (κ3) is 3.51. The molecule has 1 aliphatic heterocycles. The van der Waals surface area contributed by atoms with E-state index in [2.05, 4.69) is 10.3 Å². The summed E-state index contributed by atoms with van der Waals surface area (Å²) in [4.78, 5) is 21.5. The van der Waals surface area contributed by atoms with Crippen LogP contribution in [0.1, 0.15) is 11.7 Å². The van der Waals surface area contributed by atoms with Crippen LogP contribution in [0.15, 0.2) is 54.7 Å². The number of rotatable bonds is 4. The number of aromatic nitrogens is 1. The fraction of sp³-hybridized carbons (Fsp3) is 0.333. The predicted molar refractivity (Wildman–Crippen MR) is 91.3 cm³/mol. The Labute approximate surface area is 136 Å². The first-order valence-electron chi connectivity index (χ1n) is 7.95. The van der Waals surface area contributed by atoms with Crippen LogP contribution in [-0.4, -0.2) is 49.0 Å². The highest BCUT2D eigenvalue weighted by molar-refractivity contribution is 5.86. The average Bonchev–Trinajstić information content (AvgIpc) is 2.64. The number of piperazine rings is 1. The molecule has 1 fully saturated rings. The lowest BCUT2D eigenvalue weighted by Crippen LogP contribution is -2.50. The van der Waals surface area contributed by atoms with E-state index in [4.69, 9.17) is 0 Å². The number of carbonyl (C=O) groups is 1. The topological polar surface area (TPSA) is 48.5 Å². The lowest BCUT2D eigenvalue weighted by molar-refractivity contribution is -0.133. The highest BCUT2D eigenvalue weighted by Crippen LogP contribution is 2.26. The van der Waals surface area contributed by atoms with Crippen LogP contribution in [0.3, 0.4) is 0 Å². The number of likely N-dealkylation sites (N-methyl/N-ethyl adjacent to an activating group) is 1. The molecule has 1 amide bonds. The van der Waals surface area contributed by atoms with Gasteiger partial charge >= 0.3 is 0 Å². The van der Waals surface area contributed by atoms with Crippen molar-refractivity contribution in [1.82, 2.24) is 15.2 Å². The number of amides is 1. The Morgan fingerprint density at radius 1 is 1.13 bits per heavy atom. The third-order valence-corrected chi connectivity index (χ3v) is 4.18. The van der Waals surface area contributed by atoms with Crippen molar-refractivity contribution in [1.29, 1.82) is 0 Å². The van der Waals surface area contributed by atoms with Crippen LogP contribution in [0.2, 0.25) is 0 Å². The van der Waals surface area contributed by atoms with Crippen LogP contribution in [0.4, 0.5) is 5.69 Å². The van der Waals surface area contributed by atoms with Gasteiger partial charge in [0.1, 0.15) is 0 Å². The standard InChI is InChI=1S/C18H22N4O/c1-21(15-7-3-2-4-8-15)17(16-9-5-6-10-20-16)18(23)22-13-11-19-12-14-22/h2-10,17,19H,11-14H2,1H3. The minimum Gasteiger partial charge on any atom is -0.358 e. The zero-order chi connectivity index (χ0) is 16.1. The molecule has 1 aromatic carbocycles. The quantitative estimate of drug-likeness (QED) is 0.934. The maximum Gasteiger partial charge on any atom is 0.251 e. The number of nitrogens with one attached hydrogen (secondary N) is 1. The Bertz CT molecular complexity index is 626. The molecule has 0 aliphatic carbocycles. The molecule has 5 heteroatoms. The fourth-order valence-corrected chi connectivity index (χ4v) is 2.90. The first kappa shape index (κ1) is 15.5. The second kappa shape index (κ2) is 7.24. The molecule has 5 nitrogen and oxygen atoms in total. The van der Waals surface area contributed by atoms with Crippen LogP contribution in [0.5, 0.6) is 0 Å². The summed E-state index contributed by atoms with van der Waals surface area (Å²) in [6.07, 6.45) is 1.74. The monoisotopic (exact) mass is 310 g/mol. The molecule has 0 spiro atoms. The molecular formula is C18H22N4O. The Kier molecular flexibility index (Phi) is 4.88. The van der Waals surface area contributed by atoms with Crippen LogP contribution < -0.4 is 10.2 Å². The van der Waals surface area contributed by atoms with E-state index in [1.165, 1.54) is 0 Å². The van der Waals surface area contributed by atoms with Crippen molar-refractivity contribution < 1.29 is 4.79 Å². The van der Waals surface area contributed by atoms with Crippen molar-refractivity contribution >= 4 is 11.6 Å². The number of hydrogen-bond donors (Lipinski definition) is 1. The number of para-hydroxylation sites is 1. The van der Waals surface area contributed by atoms with Gasteiger partial charge in [-0.05, 0) is 24.3 Å². The van der Waals surface area contributed by atoms with Crippen molar-refractivity contribution in [2.24, 2.45) is 0 Å². The second-order valence-electron chi connectivity index (χ2n) is 5.68. The predicted octanol–water partition coefficient (Wildman–Crippen LogP) is 1.69. The molecule has 1 saturated heterocycles. The van der Waals surface area contributed by atoms with Crippen molar-refractivity contribution in [3.8, 4) is 0 Å². The van der Waals surface area contributed by atoms with Gasteiger partial charge in [0.15, 0.2) is 6.04 Å². The van der Waals surface area contributed by atoms with Gasteiger partial charge in [0.25, 0.3) is 5.91 Å². The molecule has 2 aromatic rings. The number of hydrogen-bond acceptors (Lipinski definition) is 4. The zero-order valence-corrected chi connectivity index (χ0v) is 13.4. The molecule has 0 radical (unpaired) electrons. The lowest BCUT2D eigenvalue weighted by atomic mass is 10.1. The van der Waals surface area contributed by atoms with E-state index in [1.54, 1.807) is 6.20 Å². The second-order valence-corrected chi connectivity index (χ2v) is 5.68. The van der Waals surface area contributed by atoms with Crippen molar-refractivity contribution in [2.75, 3.05) is 38.1 Å². The minimum atomic E-state index is -0.406. The number of benzene rings is 1. The van der Waals surface area contributed by atoms with Crippen molar-refractivity contribution in [3.63, 3.8) is 0 Å². The molecule has 1 unspecified atom stereocenters. The van der Waals surface area contributed by atoms with Crippen LogP contribution in [0.25, 0.3) is 0 Å². The molecule has 1 atom stereocenters. The molecule has 120 valence electrons. The normalized spacial score (nSPS) is 16.0. The van der Waals surface area contributed by atoms with Crippen LogP contribution >= 0.6 is 0 Å². The molecule has 2 heterocycles. The van der Waals surface area contributed by atoms with Gasteiger partial charge in [0.05, 0.1) is 5.69 Å².